The molecule has 0 bridgehead atoms. The third-order valence-electron chi connectivity index (χ3n) is 5.60. The number of rotatable bonds is 13. The Morgan fingerprint density at radius 2 is 1.00 bits per heavy atom. The molecule has 202 valence electrons. The first-order chi connectivity index (χ1) is 19.6. The molecule has 40 heavy (non-hydrogen) atoms. The number of amides is 2. The Morgan fingerprint density at radius 3 is 1.43 bits per heavy atom. The van der Waals surface area contributed by atoms with Crippen LogP contribution >= 0.6 is 0 Å². The Labute approximate surface area is 233 Å². The molecule has 2 N–H and O–H groups in total. The van der Waals surface area contributed by atoms with Gasteiger partial charge in [0.15, 0.2) is 0 Å². The summed E-state index contributed by atoms with van der Waals surface area (Å²) in [6.07, 6.45) is 2.99. The average molecular weight is 535 g/mol. The van der Waals surface area contributed by atoms with Gasteiger partial charge < -0.3 is 9.47 Å². The highest BCUT2D eigenvalue weighted by atomic mass is 16.5. The van der Waals surface area contributed by atoms with E-state index in [0.29, 0.717) is 24.7 Å². The second-order valence-corrected chi connectivity index (χ2v) is 8.78. The minimum Gasteiger partial charge on any atom is -0.489 e. The van der Waals surface area contributed by atoms with E-state index >= 15 is 0 Å². The van der Waals surface area contributed by atoms with E-state index in [0.717, 1.165) is 22.3 Å². The van der Waals surface area contributed by atoms with Crippen LogP contribution in [0.2, 0.25) is 0 Å². The van der Waals surface area contributed by atoms with E-state index in [1.165, 1.54) is 12.4 Å². The molecule has 0 saturated heterocycles. The van der Waals surface area contributed by atoms with Crippen molar-refractivity contribution in [1.29, 1.82) is 0 Å². The predicted octanol–water partition coefficient (Wildman–Crippen LogP) is 5.23. The zero-order valence-electron chi connectivity index (χ0n) is 21.9. The van der Waals surface area contributed by atoms with E-state index in [1.54, 1.807) is 0 Å². The summed E-state index contributed by atoms with van der Waals surface area (Å²) in [7, 11) is 0. The van der Waals surface area contributed by atoms with Crippen molar-refractivity contribution in [3.63, 3.8) is 0 Å². The van der Waals surface area contributed by atoms with Gasteiger partial charge in [-0.1, -0.05) is 84.9 Å². The fourth-order valence-electron chi connectivity index (χ4n) is 3.55. The molecule has 0 aliphatic rings. The Morgan fingerprint density at radius 1 is 0.575 bits per heavy atom. The van der Waals surface area contributed by atoms with Gasteiger partial charge in [0.1, 0.15) is 24.7 Å². The molecule has 0 radical (unpaired) electrons. The largest absolute Gasteiger partial charge is 0.489 e. The van der Waals surface area contributed by atoms with E-state index in [2.05, 4.69) is 21.1 Å². The van der Waals surface area contributed by atoms with Gasteiger partial charge >= 0.3 is 0 Å². The molecule has 4 rings (SSSR count). The summed E-state index contributed by atoms with van der Waals surface area (Å²) in [6.45, 7) is 0.916. The molecule has 0 heterocycles. The lowest BCUT2D eigenvalue weighted by Gasteiger charge is -2.07. The van der Waals surface area contributed by atoms with Gasteiger partial charge in [0.25, 0.3) is 0 Å². The van der Waals surface area contributed by atoms with Gasteiger partial charge in [-0.2, -0.15) is 10.2 Å². The number of nitrogens with one attached hydrogen (secondary N) is 2. The SMILES string of the molecule is O=C(CCC(=O)NN=Cc1cccc(OCc2ccccc2)c1)NN=Cc1cccc(OCc2ccccc2)c1. The van der Waals surface area contributed by atoms with Crippen molar-refractivity contribution in [3.05, 3.63) is 131 Å². The Balaban J connectivity index is 1.14. The van der Waals surface area contributed by atoms with Crippen molar-refractivity contribution in [3.8, 4) is 11.5 Å². The summed E-state index contributed by atoms with van der Waals surface area (Å²) in [5.74, 6) is 0.635. The van der Waals surface area contributed by atoms with Crippen molar-refractivity contribution in [2.24, 2.45) is 10.2 Å². The fourth-order valence-corrected chi connectivity index (χ4v) is 3.55. The highest BCUT2D eigenvalue weighted by Gasteiger charge is 2.05. The van der Waals surface area contributed by atoms with Crippen LogP contribution in [0.1, 0.15) is 35.1 Å². The normalized spacial score (nSPS) is 10.9. The number of ether oxygens (including phenoxy) is 2. The van der Waals surface area contributed by atoms with Crippen LogP contribution in [-0.4, -0.2) is 24.2 Å². The van der Waals surface area contributed by atoms with Gasteiger partial charge in [0.2, 0.25) is 11.8 Å². The first kappa shape index (κ1) is 27.8. The topological polar surface area (TPSA) is 101 Å². The molecule has 0 aliphatic carbocycles. The van der Waals surface area contributed by atoms with Gasteiger partial charge in [-0.3, -0.25) is 9.59 Å². The average Bonchev–Trinajstić information content (AvgIpc) is 2.99. The van der Waals surface area contributed by atoms with Crippen molar-refractivity contribution in [2.75, 3.05) is 0 Å². The molecule has 8 nitrogen and oxygen atoms in total. The third-order valence-corrected chi connectivity index (χ3v) is 5.60. The van der Waals surface area contributed by atoms with Crippen molar-refractivity contribution in [1.82, 2.24) is 10.9 Å². The van der Waals surface area contributed by atoms with Crippen molar-refractivity contribution < 1.29 is 19.1 Å². The van der Waals surface area contributed by atoms with Crippen molar-refractivity contribution in [2.45, 2.75) is 26.1 Å². The molecule has 0 aliphatic heterocycles. The number of hydrazone groups is 2. The van der Waals surface area contributed by atoms with Crippen LogP contribution < -0.4 is 20.3 Å². The minimum atomic E-state index is -0.380. The van der Waals surface area contributed by atoms with E-state index < -0.39 is 0 Å². The number of carbonyl (C=O) groups excluding carboxylic acids is 2. The summed E-state index contributed by atoms with van der Waals surface area (Å²) < 4.78 is 11.6. The van der Waals surface area contributed by atoms with Gasteiger partial charge in [-0.25, -0.2) is 10.9 Å². The van der Waals surface area contributed by atoms with E-state index in [1.807, 2.05) is 109 Å². The highest BCUT2D eigenvalue weighted by Crippen LogP contribution is 2.15. The second-order valence-electron chi connectivity index (χ2n) is 8.78. The number of hydrogen-bond acceptors (Lipinski definition) is 6. The predicted molar refractivity (Wildman–Crippen MR) is 155 cm³/mol. The molecule has 0 saturated carbocycles. The van der Waals surface area contributed by atoms with Crippen LogP contribution in [-0.2, 0) is 22.8 Å². The number of nitrogens with zero attached hydrogens (tertiary/aromatic N) is 2. The van der Waals surface area contributed by atoms with Crippen molar-refractivity contribution >= 4 is 24.2 Å². The summed E-state index contributed by atoms with van der Waals surface area (Å²) in [5, 5.41) is 7.94. The van der Waals surface area contributed by atoms with Crippen LogP contribution in [0.3, 0.4) is 0 Å². The molecule has 8 heteroatoms. The molecule has 0 fully saturated rings. The minimum absolute atomic E-state index is 0.0261. The molecule has 0 unspecified atom stereocenters. The maximum absolute atomic E-state index is 12.1. The zero-order chi connectivity index (χ0) is 27.8. The lowest BCUT2D eigenvalue weighted by molar-refractivity contribution is -0.126. The number of hydrogen-bond donors (Lipinski definition) is 2. The quantitative estimate of drug-likeness (QED) is 0.181. The Bertz CT molecular complexity index is 1330. The van der Waals surface area contributed by atoms with E-state index in [-0.39, 0.29) is 24.7 Å². The number of benzene rings is 4. The summed E-state index contributed by atoms with van der Waals surface area (Å²) in [5.41, 5.74) is 8.55. The Hall–Kier alpha value is -5.24. The standard InChI is InChI=1S/C32H30N4O4/c37-31(35-33-21-27-13-7-15-29(19-27)39-23-25-9-3-1-4-10-25)17-18-32(38)36-34-22-28-14-8-16-30(20-28)40-24-26-11-5-2-6-12-26/h1-16,19-22H,17-18,23-24H2,(H,35,37)(H,36,38). The highest BCUT2D eigenvalue weighted by molar-refractivity contribution is 5.86. The Kier molecular flexibility index (Phi) is 10.6. The van der Waals surface area contributed by atoms with E-state index in [4.69, 9.17) is 9.47 Å². The van der Waals surface area contributed by atoms with E-state index in [9.17, 15) is 9.59 Å². The lowest BCUT2D eigenvalue weighted by Crippen LogP contribution is -2.22. The monoisotopic (exact) mass is 534 g/mol. The van der Waals surface area contributed by atoms with Gasteiger partial charge in [-0.05, 0) is 46.5 Å². The smallest absolute Gasteiger partial charge is 0.240 e. The number of carbonyl (C=O) groups is 2. The molecular weight excluding hydrogens is 504 g/mol. The second kappa shape index (κ2) is 15.2. The molecule has 4 aromatic rings. The molecule has 0 spiro atoms. The first-order valence-corrected chi connectivity index (χ1v) is 12.8. The zero-order valence-corrected chi connectivity index (χ0v) is 21.9. The van der Waals surface area contributed by atoms with Gasteiger partial charge in [-0.15, -0.1) is 0 Å². The maximum Gasteiger partial charge on any atom is 0.240 e. The molecule has 0 aromatic heterocycles. The summed E-state index contributed by atoms with van der Waals surface area (Å²) in [4.78, 5) is 24.2. The summed E-state index contributed by atoms with van der Waals surface area (Å²) in [6, 6.07) is 34.5. The van der Waals surface area contributed by atoms with Gasteiger partial charge in [0.05, 0.1) is 12.4 Å². The van der Waals surface area contributed by atoms with Gasteiger partial charge in [0, 0.05) is 12.8 Å². The third kappa shape index (κ3) is 9.90. The molecular formula is C32H30N4O4. The molecule has 2 amide bonds. The van der Waals surface area contributed by atoms with Crippen LogP contribution in [0, 0.1) is 0 Å². The fraction of sp³-hybridized carbons (Fsp3) is 0.125. The van der Waals surface area contributed by atoms with Crippen LogP contribution in [0.25, 0.3) is 0 Å². The van der Waals surface area contributed by atoms with Crippen LogP contribution in [0.15, 0.2) is 119 Å². The molecule has 0 atom stereocenters. The summed E-state index contributed by atoms with van der Waals surface area (Å²) >= 11 is 0. The molecule has 4 aromatic carbocycles. The van der Waals surface area contributed by atoms with Crippen LogP contribution in [0.4, 0.5) is 0 Å². The first-order valence-electron chi connectivity index (χ1n) is 12.8. The van der Waals surface area contributed by atoms with Crippen LogP contribution in [0.5, 0.6) is 11.5 Å². The lowest BCUT2D eigenvalue weighted by atomic mass is 10.2. The maximum atomic E-state index is 12.1.